The van der Waals surface area contributed by atoms with Gasteiger partial charge in [-0.1, -0.05) is 41.5 Å². The minimum atomic E-state index is -0.0472. The van der Waals surface area contributed by atoms with Gasteiger partial charge in [-0.15, -0.1) is 0 Å². The van der Waals surface area contributed by atoms with E-state index in [4.69, 9.17) is 5.41 Å². The monoisotopic (exact) mass is 257 g/mol. The van der Waals surface area contributed by atoms with Crippen molar-refractivity contribution in [1.29, 1.82) is 5.41 Å². The van der Waals surface area contributed by atoms with Crippen LogP contribution in [0.3, 0.4) is 0 Å². The summed E-state index contributed by atoms with van der Waals surface area (Å²) in [5.41, 5.74) is 0. The molecule has 0 bridgehead atoms. The molecule has 18 heavy (non-hydrogen) atoms. The Kier molecular flexibility index (Phi) is 11.8. The number of carbonyl (C=O) groups excluding carboxylic acids is 1. The van der Waals surface area contributed by atoms with E-state index in [2.05, 4.69) is 0 Å². The predicted octanol–water partition coefficient (Wildman–Crippen LogP) is 3.96. The molecular weight excluding hydrogens is 226 g/mol. The van der Waals surface area contributed by atoms with E-state index >= 15 is 0 Å². The van der Waals surface area contributed by atoms with Crippen LogP contribution in [0.1, 0.15) is 61.3 Å². The standard InChI is InChI=1S/C10H19N3O.2C2H6/c1-4-6-12-8(3)9(11)13(7-5-2)10(12)14;2*1-2/h8,11H,4-7H2,1-3H3;2*1-2H3. The molecule has 0 aromatic carbocycles. The van der Waals surface area contributed by atoms with Crippen molar-refractivity contribution >= 4 is 11.9 Å². The Bertz CT molecular complexity index is 241. The van der Waals surface area contributed by atoms with Gasteiger partial charge in [0.15, 0.2) is 0 Å². The Balaban J connectivity index is 0. The lowest BCUT2D eigenvalue weighted by Crippen LogP contribution is -2.34. The predicted molar refractivity (Wildman–Crippen MR) is 79.3 cm³/mol. The third kappa shape index (κ3) is 4.67. The zero-order valence-corrected chi connectivity index (χ0v) is 13.2. The normalized spacial score (nSPS) is 18.1. The van der Waals surface area contributed by atoms with Crippen LogP contribution in [0.5, 0.6) is 0 Å². The average Bonchev–Trinajstić information content (AvgIpc) is 2.62. The summed E-state index contributed by atoms with van der Waals surface area (Å²) in [6.07, 6.45) is 1.85. The van der Waals surface area contributed by atoms with Gasteiger partial charge in [-0.2, -0.15) is 0 Å². The molecular formula is C14H31N3O. The van der Waals surface area contributed by atoms with E-state index in [0.29, 0.717) is 12.4 Å². The molecule has 2 amide bonds. The van der Waals surface area contributed by atoms with Gasteiger partial charge in [0.2, 0.25) is 0 Å². The van der Waals surface area contributed by atoms with Crippen LogP contribution in [0, 0.1) is 5.41 Å². The number of amidine groups is 1. The van der Waals surface area contributed by atoms with Crippen LogP contribution >= 0.6 is 0 Å². The second kappa shape index (κ2) is 11.1. The highest BCUT2D eigenvalue weighted by Crippen LogP contribution is 2.17. The molecule has 1 saturated heterocycles. The fourth-order valence-electron chi connectivity index (χ4n) is 1.77. The first-order chi connectivity index (χ1) is 8.63. The van der Waals surface area contributed by atoms with Crippen molar-refractivity contribution in [3.05, 3.63) is 0 Å². The number of nitrogens with one attached hydrogen (secondary N) is 1. The summed E-state index contributed by atoms with van der Waals surface area (Å²) in [5, 5.41) is 7.82. The Morgan fingerprint density at radius 1 is 1.06 bits per heavy atom. The maximum Gasteiger partial charge on any atom is 0.326 e. The molecule has 1 fully saturated rings. The van der Waals surface area contributed by atoms with Crippen molar-refractivity contribution in [3.63, 3.8) is 0 Å². The molecule has 1 unspecified atom stereocenters. The molecule has 1 aliphatic heterocycles. The largest absolute Gasteiger partial charge is 0.326 e. The molecule has 108 valence electrons. The van der Waals surface area contributed by atoms with Crippen LogP contribution in [-0.2, 0) is 0 Å². The first-order valence-corrected chi connectivity index (χ1v) is 7.30. The highest BCUT2D eigenvalue weighted by atomic mass is 16.2. The van der Waals surface area contributed by atoms with E-state index < -0.39 is 0 Å². The summed E-state index contributed by atoms with van der Waals surface area (Å²) in [6, 6.07) is -0.0415. The van der Waals surface area contributed by atoms with Gasteiger partial charge in [0.25, 0.3) is 0 Å². The molecule has 1 N–H and O–H groups in total. The molecule has 0 radical (unpaired) electrons. The summed E-state index contributed by atoms with van der Waals surface area (Å²) in [7, 11) is 0. The molecule has 0 saturated carbocycles. The molecule has 1 atom stereocenters. The van der Waals surface area contributed by atoms with Crippen molar-refractivity contribution < 1.29 is 4.79 Å². The van der Waals surface area contributed by atoms with Gasteiger partial charge in [-0.05, 0) is 19.8 Å². The Labute approximate surface area is 113 Å². The maximum atomic E-state index is 11.8. The number of urea groups is 1. The van der Waals surface area contributed by atoms with Gasteiger partial charge < -0.3 is 4.90 Å². The fraction of sp³-hybridized carbons (Fsp3) is 0.857. The van der Waals surface area contributed by atoms with Gasteiger partial charge in [0.1, 0.15) is 5.84 Å². The zero-order chi connectivity index (χ0) is 14.7. The average molecular weight is 257 g/mol. The fourth-order valence-corrected chi connectivity index (χ4v) is 1.77. The summed E-state index contributed by atoms with van der Waals surface area (Å²) in [4.78, 5) is 15.2. The number of hydrogen-bond acceptors (Lipinski definition) is 2. The van der Waals surface area contributed by atoms with Crippen molar-refractivity contribution in [3.8, 4) is 0 Å². The van der Waals surface area contributed by atoms with Crippen LogP contribution < -0.4 is 0 Å². The Morgan fingerprint density at radius 2 is 1.50 bits per heavy atom. The molecule has 4 heteroatoms. The lowest BCUT2D eigenvalue weighted by molar-refractivity contribution is 0.189. The summed E-state index contributed by atoms with van der Waals surface area (Å²) >= 11 is 0. The number of rotatable bonds is 4. The summed E-state index contributed by atoms with van der Waals surface area (Å²) in [5.74, 6) is 0.449. The van der Waals surface area contributed by atoms with E-state index in [1.54, 1.807) is 9.80 Å². The first-order valence-electron chi connectivity index (χ1n) is 7.30. The second-order valence-electron chi connectivity index (χ2n) is 3.69. The van der Waals surface area contributed by atoms with Crippen LogP contribution in [0.4, 0.5) is 4.79 Å². The molecule has 1 heterocycles. The van der Waals surface area contributed by atoms with Gasteiger partial charge in [-0.25, -0.2) is 4.79 Å². The molecule has 0 aromatic heterocycles. The van der Waals surface area contributed by atoms with Gasteiger partial charge >= 0.3 is 6.03 Å². The minimum absolute atomic E-state index is 0.00574. The third-order valence-electron chi connectivity index (χ3n) is 2.54. The van der Waals surface area contributed by atoms with E-state index in [0.717, 1.165) is 19.4 Å². The molecule has 1 aliphatic rings. The smallest absolute Gasteiger partial charge is 0.314 e. The zero-order valence-electron chi connectivity index (χ0n) is 13.2. The van der Waals surface area contributed by atoms with E-state index in [1.807, 2.05) is 48.5 Å². The topological polar surface area (TPSA) is 47.4 Å². The number of carbonyl (C=O) groups is 1. The quantitative estimate of drug-likeness (QED) is 0.814. The Hall–Kier alpha value is -1.06. The van der Waals surface area contributed by atoms with Gasteiger partial charge in [0.05, 0.1) is 6.04 Å². The van der Waals surface area contributed by atoms with Crippen molar-refractivity contribution in [1.82, 2.24) is 9.80 Å². The van der Waals surface area contributed by atoms with Crippen LogP contribution in [0.2, 0.25) is 0 Å². The van der Waals surface area contributed by atoms with Crippen LogP contribution in [-0.4, -0.2) is 40.8 Å². The first kappa shape index (κ1) is 19.3. The molecule has 1 rings (SSSR count). The van der Waals surface area contributed by atoms with Crippen molar-refractivity contribution in [2.24, 2.45) is 0 Å². The van der Waals surface area contributed by atoms with E-state index in [9.17, 15) is 4.79 Å². The maximum absolute atomic E-state index is 11.8. The molecule has 4 nitrogen and oxygen atoms in total. The number of nitrogens with zero attached hydrogens (tertiary/aromatic N) is 2. The Morgan fingerprint density at radius 3 is 1.89 bits per heavy atom. The lowest BCUT2D eigenvalue weighted by atomic mass is 10.3. The highest BCUT2D eigenvalue weighted by molar-refractivity contribution is 6.05. The van der Waals surface area contributed by atoms with E-state index in [-0.39, 0.29) is 12.1 Å². The number of hydrogen-bond donors (Lipinski definition) is 1. The summed E-state index contributed by atoms with van der Waals surface area (Å²) in [6.45, 7) is 15.4. The lowest BCUT2D eigenvalue weighted by Gasteiger charge is -2.18. The second-order valence-corrected chi connectivity index (χ2v) is 3.69. The number of amides is 2. The van der Waals surface area contributed by atoms with Crippen molar-refractivity contribution in [2.75, 3.05) is 13.1 Å². The van der Waals surface area contributed by atoms with E-state index in [1.165, 1.54) is 0 Å². The molecule has 0 spiro atoms. The van der Waals surface area contributed by atoms with Crippen molar-refractivity contribution in [2.45, 2.75) is 67.3 Å². The van der Waals surface area contributed by atoms with Gasteiger partial charge in [0, 0.05) is 13.1 Å². The van der Waals surface area contributed by atoms with Crippen LogP contribution in [0.25, 0.3) is 0 Å². The van der Waals surface area contributed by atoms with Crippen LogP contribution in [0.15, 0.2) is 0 Å². The SMILES string of the molecule is CC.CC.CCCN1C(=N)C(C)N(CCC)C1=O. The minimum Gasteiger partial charge on any atom is -0.314 e. The molecule has 0 aliphatic carbocycles. The molecule has 0 aromatic rings. The highest BCUT2D eigenvalue weighted by Gasteiger charge is 2.38. The van der Waals surface area contributed by atoms with Gasteiger partial charge in [-0.3, -0.25) is 10.3 Å². The summed E-state index contributed by atoms with van der Waals surface area (Å²) < 4.78 is 0. The third-order valence-corrected chi connectivity index (χ3v) is 2.54.